The smallest absolute Gasteiger partial charge is 0.356 e. The second-order valence-electron chi connectivity index (χ2n) is 3.92. The molecule has 0 unspecified atom stereocenters. The predicted octanol–water partition coefficient (Wildman–Crippen LogP) is 4.40. The number of rotatable bonds is 4. The van der Waals surface area contributed by atoms with E-state index < -0.39 is 9.76 Å². The number of hydrogen-bond donors (Lipinski definition) is 3. The first-order chi connectivity index (χ1) is 10.3. The summed E-state index contributed by atoms with van der Waals surface area (Å²) in [5, 5.41) is 24.0. The number of alkyl halides is 3. The third-order valence-electron chi connectivity index (χ3n) is 1.82. The van der Waals surface area contributed by atoms with Crippen LogP contribution in [0.5, 0.6) is 0 Å². The topological polar surface area (TPSA) is 77.8 Å². The summed E-state index contributed by atoms with van der Waals surface area (Å²) in [6, 6.07) is 10.0. The zero-order chi connectivity index (χ0) is 17.9. The van der Waals surface area contributed by atoms with E-state index in [1.54, 1.807) is 0 Å². The molecule has 0 saturated heterocycles. The molecule has 0 spiro atoms. The van der Waals surface area contributed by atoms with Crippen LogP contribution in [0.4, 0.5) is 0 Å². The van der Waals surface area contributed by atoms with Gasteiger partial charge in [-0.15, -0.1) is 0 Å². The Balaban J connectivity index is -0.000000104. The Hall–Kier alpha value is 0.324. The normalized spacial score (nSPS) is 8.83. The van der Waals surface area contributed by atoms with Gasteiger partial charge in [0, 0.05) is 34.9 Å². The van der Waals surface area contributed by atoms with Gasteiger partial charge in [0.15, 0.2) is 0 Å². The van der Waals surface area contributed by atoms with Crippen LogP contribution < -0.4 is 0 Å². The predicted molar refractivity (Wildman–Crippen MR) is 93.9 cm³/mol. The van der Waals surface area contributed by atoms with Gasteiger partial charge in [0.05, 0.1) is 0 Å². The van der Waals surface area contributed by atoms with Crippen LogP contribution in [0, 0.1) is 0 Å². The van der Waals surface area contributed by atoms with Gasteiger partial charge in [-0.2, -0.15) is 18.2 Å². The number of carboxylic acids is 1. The molecule has 0 aliphatic carbocycles. The molecule has 0 bridgehead atoms. The minimum absolute atomic E-state index is 0. The Kier molecular flexibility index (Phi) is 33.3. The Morgan fingerprint density at radius 3 is 1.35 bits per heavy atom. The monoisotopic (exact) mass is 423 g/mol. The second-order valence-corrected chi connectivity index (χ2v) is 6.20. The maximum absolute atomic E-state index is 9.62. The van der Waals surface area contributed by atoms with E-state index in [0.717, 1.165) is 25.7 Å². The fourth-order valence-electron chi connectivity index (χ4n) is 0.637. The van der Waals surface area contributed by atoms with Gasteiger partial charge in [0.25, 0.3) is 3.79 Å². The Morgan fingerprint density at radius 1 is 1.00 bits per heavy atom. The minimum atomic E-state index is -2.17. The van der Waals surface area contributed by atoms with Crippen LogP contribution in [0.15, 0.2) is 30.3 Å². The van der Waals surface area contributed by atoms with E-state index in [-0.39, 0.29) is 21.7 Å². The van der Waals surface area contributed by atoms with E-state index in [9.17, 15) is 4.79 Å². The maximum atomic E-state index is 9.62. The molecule has 1 aromatic rings. The van der Waals surface area contributed by atoms with Crippen LogP contribution in [0.25, 0.3) is 0 Å². The number of carboxylic acid groups (broad SMARTS) is 1. The van der Waals surface area contributed by atoms with Gasteiger partial charge in [-0.25, -0.2) is 16.9 Å². The number of hydrogen-bond acceptors (Lipinski definition) is 3. The van der Waals surface area contributed by atoms with Crippen molar-refractivity contribution in [2.45, 2.75) is 43.3 Å². The summed E-state index contributed by atoms with van der Waals surface area (Å²) >= 11 is 14.4. The molecule has 0 aliphatic heterocycles. The van der Waals surface area contributed by atoms with Crippen LogP contribution in [-0.4, -0.2) is 38.3 Å². The van der Waals surface area contributed by atoms with Gasteiger partial charge >= 0.3 is 5.97 Å². The molecule has 0 heterocycles. The van der Waals surface area contributed by atoms with Crippen LogP contribution >= 0.6 is 34.8 Å². The molecular weight excluding hydrogens is 398 g/mol. The number of carbonyl (C=O) groups is 1. The van der Waals surface area contributed by atoms with Gasteiger partial charge in [-0.3, -0.25) is 0 Å². The zero-order valence-corrected chi connectivity index (χ0v) is 17.3. The van der Waals surface area contributed by atoms with Crippen molar-refractivity contribution in [1.29, 1.82) is 0 Å². The molecule has 0 radical (unpaired) electrons. The zero-order valence-electron chi connectivity index (χ0n) is 13.5. The van der Waals surface area contributed by atoms with E-state index in [2.05, 4.69) is 13.8 Å². The minimum Gasteiger partial charge on any atom is -0.478 e. The van der Waals surface area contributed by atoms with Crippen molar-refractivity contribution in [2.24, 2.45) is 0 Å². The summed E-state index contributed by atoms with van der Waals surface area (Å²) in [6.07, 6.45) is 4.08. The first-order valence-electron chi connectivity index (χ1n) is 6.96. The molecule has 4 nitrogen and oxygen atoms in total. The molecule has 1 aromatic carbocycles. The van der Waals surface area contributed by atoms with Crippen LogP contribution in [0.3, 0.4) is 0 Å². The largest absolute Gasteiger partial charge is 0.478 e. The molecule has 23 heavy (non-hydrogen) atoms. The fraction of sp³-hybridized carbons (Fsp3) is 0.600. The first-order valence-corrected chi connectivity index (χ1v) is 8.09. The second kappa shape index (κ2) is 24.6. The molecule has 1 rings (SSSR count). The van der Waals surface area contributed by atoms with Crippen molar-refractivity contribution >= 4 is 40.8 Å². The Bertz CT molecular complexity index is 277. The third-order valence-corrected chi connectivity index (χ3v) is 2.31. The molecule has 0 amide bonds. The average molecular weight is 425 g/mol. The first kappa shape index (κ1) is 31.1. The standard InChI is InChI=1S/C5H5.2C4H10O.C2HCl3O2.Ti/c1-2-4-5-3-1;2*1-2-3-4-5;3-2(4,5)1(6)7;/h1-5H;2*5H,2-4H2,1H3;(H,6,7);/q-1;;;;. The number of halogens is 3. The van der Waals surface area contributed by atoms with Crippen LogP contribution in [0.1, 0.15) is 39.5 Å². The van der Waals surface area contributed by atoms with Gasteiger partial charge in [-0.05, 0) is 12.8 Å². The molecule has 0 aromatic heterocycles. The Morgan fingerprint density at radius 2 is 1.30 bits per heavy atom. The van der Waals surface area contributed by atoms with Gasteiger partial charge < -0.3 is 15.3 Å². The van der Waals surface area contributed by atoms with Crippen molar-refractivity contribution < 1.29 is 41.8 Å². The van der Waals surface area contributed by atoms with E-state index in [1.807, 2.05) is 30.3 Å². The van der Waals surface area contributed by atoms with Crippen LogP contribution in [0.2, 0.25) is 0 Å². The van der Waals surface area contributed by atoms with Crippen LogP contribution in [-0.2, 0) is 26.5 Å². The van der Waals surface area contributed by atoms with E-state index in [1.165, 1.54) is 0 Å². The SMILES string of the molecule is CCCCO.CCCCO.O=C(O)C(Cl)(Cl)Cl.[Ti].c1cc[cH-]c1. The molecular formula is C15H26Cl3O4Ti-. The third kappa shape index (κ3) is 39.3. The van der Waals surface area contributed by atoms with E-state index in [4.69, 9.17) is 50.1 Å². The summed E-state index contributed by atoms with van der Waals surface area (Å²) in [4.78, 5) is 9.62. The van der Waals surface area contributed by atoms with Gasteiger partial charge in [-0.1, -0.05) is 61.5 Å². The number of aliphatic hydroxyl groups is 2. The summed E-state index contributed by atoms with van der Waals surface area (Å²) in [6.45, 7) is 4.79. The van der Waals surface area contributed by atoms with E-state index >= 15 is 0 Å². The Labute approximate surface area is 169 Å². The molecule has 3 N–H and O–H groups in total. The number of aliphatic carboxylic acids is 1. The maximum Gasteiger partial charge on any atom is 0.356 e. The van der Waals surface area contributed by atoms with E-state index in [0.29, 0.717) is 13.2 Å². The fourth-order valence-corrected chi connectivity index (χ4v) is 0.637. The summed E-state index contributed by atoms with van der Waals surface area (Å²) in [5.41, 5.74) is 0. The van der Waals surface area contributed by atoms with Crippen molar-refractivity contribution in [2.75, 3.05) is 13.2 Å². The molecule has 0 fully saturated rings. The summed E-state index contributed by atoms with van der Waals surface area (Å²) < 4.78 is -2.17. The molecule has 0 atom stereocenters. The van der Waals surface area contributed by atoms with Gasteiger partial charge in [0.2, 0.25) is 0 Å². The molecule has 8 heteroatoms. The molecule has 136 valence electrons. The average Bonchev–Trinajstić information content (AvgIpc) is 3.00. The van der Waals surface area contributed by atoms with Crippen molar-refractivity contribution in [3.8, 4) is 0 Å². The quantitative estimate of drug-likeness (QED) is 0.380. The number of aliphatic hydroxyl groups excluding tert-OH is 2. The van der Waals surface area contributed by atoms with Crippen molar-refractivity contribution in [1.82, 2.24) is 0 Å². The summed E-state index contributed by atoms with van der Waals surface area (Å²) in [7, 11) is 0. The molecule has 0 saturated carbocycles. The number of unbranched alkanes of at least 4 members (excludes halogenated alkanes) is 2. The molecule has 0 aliphatic rings. The summed E-state index contributed by atoms with van der Waals surface area (Å²) in [5.74, 6) is -1.46. The van der Waals surface area contributed by atoms with Crippen molar-refractivity contribution in [3.05, 3.63) is 30.3 Å². The van der Waals surface area contributed by atoms with Gasteiger partial charge in [0.1, 0.15) is 0 Å². The van der Waals surface area contributed by atoms with Crippen molar-refractivity contribution in [3.63, 3.8) is 0 Å².